The minimum absolute atomic E-state index is 0.421. The van der Waals surface area contributed by atoms with E-state index < -0.39 is 0 Å². The smallest absolute Gasteiger partial charge is 0.305 e. The van der Waals surface area contributed by atoms with Gasteiger partial charge < -0.3 is 4.18 Å². The molecule has 0 unspecified atom stereocenters. The number of aryl methyl sites for hydroxylation is 1. The summed E-state index contributed by atoms with van der Waals surface area (Å²) in [4.78, 5) is 10.7. The summed E-state index contributed by atoms with van der Waals surface area (Å²) < 4.78 is 4.50. The molecule has 0 aliphatic rings. The first kappa shape index (κ1) is 8.14. The van der Waals surface area contributed by atoms with E-state index in [0.717, 1.165) is 16.9 Å². The number of benzene rings is 1. The van der Waals surface area contributed by atoms with Crippen LogP contribution < -0.4 is 0 Å². The van der Waals surface area contributed by atoms with Crippen LogP contribution in [0.15, 0.2) is 29.2 Å². The molecule has 0 saturated heterocycles. The molecule has 0 amide bonds. The molecule has 0 aliphatic heterocycles. The lowest BCUT2D eigenvalue weighted by atomic mass is 10.2. The summed E-state index contributed by atoms with van der Waals surface area (Å²) in [5.41, 5.74) is 1.19. The highest BCUT2D eigenvalue weighted by molar-refractivity contribution is 7.95. The molecule has 0 spiro atoms. The molecule has 0 saturated carbocycles. The third kappa shape index (κ3) is 2.63. The molecule has 0 fully saturated rings. The fourth-order valence-electron chi connectivity index (χ4n) is 0.669. The number of hydrogen-bond donors (Lipinski definition) is 0. The molecule has 0 heterocycles. The summed E-state index contributed by atoms with van der Waals surface area (Å²) in [5.74, 6) is 0. The van der Waals surface area contributed by atoms with Crippen LogP contribution >= 0.6 is 12.0 Å². The summed E-state index contributed by atoms with van der Waals surface area (Å²) in [6, 6.07) is 7.75. The van der Waals surface area contributed by atoms with Crippen molar-refractivity contribution in [1.29, 1.82) is 0 Å². The second kappa shape index (κ2) is 4.03. The van der Waals surface area contributed by atoms with E-state index in [2.05, 4.69) is 4.18 Å². The van der Waals surface area contributed by atoms with Crippen molar-refractivity contribution < 1.29 is 8.98 Å². The van der Waals surface area contributed by atoms with Gasteiger partial charge in [0.05, 0.1) is 12.0 Å². The molecular weight excluding hydrogens is 160 g/mol. The first-order valence-electron chi connectivity index (χ1n) is 3.16. The first-order chi connectivity index (χ1) is 5.33. The molecule has 0 aromatic heterocycles. The van der Waals surface area contributed by atoms with Gasteiger partial charge in [0.25, 0.3) is 0 Å². The van der Waals surface area contributed by atoms with Gasteiger partial charge in [-0.2, -0.15) is 0 Å². The van der Waals surface area contributed by atoms with Crippen molar-refractivity contribution in [3.8, 4) is 0 Å². The first-order valence-corrected chi connectivity index (χ1v) is 3.91. The molecule has 0 bridgehead atoms. The van der Waals surface area contributed by atoms with Crippen molar-refractivity contribution in [2.75, 3.05) is 0 Å². The Kier molecular flexibility index (Phi) is 2.98. The molecule has 58 valence electrons. The molecule has 1 aromatic carbocycles. The zero-order valence-corrected chi connectivity index (χ0v) is 6.93. The van der Waals surface area contributed by atoms with Crippen molar-refractivity contribution in [2.24, 2.45) is 0 Å². The van der Waals surface area contributed by atoms with Gasteiger partial charge in [0.2, 0.25) is 0 Å². The quantitative estimate of drug-likeness (QED) is 0.511. The summed E-state index contributed by atoms with van der Waals surface area (Å²) in [6.45, 7) is 2.43. The van der Waals surface area contributed by atoms with Gasteiger partial charge in [-0.1, -0.05) is 17.7 Å². The van der Waals surface area contributed by atoms with Crippen LogP contribution in [0, 0.1) is 6.92 Å². The van der Waals surface area contributed by atoms with E-state index in [0.29, 0.717) is 6.47 Å². The Morgan fingerprint density at radius 3 is 2.55 bits per heavy atom. The Morgan fingerprint density at radius 2 is 2.00 bits per heavy atom. The summed E-state index contributed by atoms with van der Waals surface area (Å²) in [6.07, 6.45) is 0. The number of carbonyl (C=O) groups excluding carboxylic acids is 1. The minimum atomic E-state index is 0.421. The Bertz CT molecular complexity index is 230. The second-order valence-corrected chi connectivity index (χ2v) is 2.92. The average Bonchev–Trinajstić information content (AvgIpc) is 2.04. The monoisotopic (exact) mass is 168 g/mol. The van der Waals surface area contributed by atoms with Gasteiger partial charge in [0.15, 0.2) is 0 Å². The van der Waals surface area contributed by atoms with Crippen molar-refractivity contribution in [3.05, 3.63) is 29.8 Å². The molecule has 0 radical (unpaired) electrons. The lowest BCUT2D eigenvalue weighted by Gasteiger charge is -1.96. The molecule has 0 aliphatic carbocycles. The van der Waals surface area contributed by atoms with E-state index in [9.17, 15) is 4.79 Å². The molecule has 3 heteroatoms. The molecular formula is C8H8O2S. The molecule has 0 N–H and O–H groups in total. The molecule has 0 atom stereocenters. The standard InChI is InChI=1S/C8H8O2S/c1-7-2-4-8(5-3-7)11-10-6-9/h2-6H,1H3. The van der Waals surface area contributed by atoms with Crippen molar-refractivity contribution in [2.45, 2.75) is 11.8 Å². The van der Waals surface area contributed by atoms with Crippen LogP contribution in [0.5, 0.6) is 0 Å². The van der Waals surface area contributed by atoms with Gasteiger partial charge in [0.1, 0.15) is 0 Å². The topological polar surface area (TPSA) is 26.3 Å². The Hall–Kier alpha value is -0.960. The lowest BCUT2D eigenvalue weighted by Crippen LogP contribution is -1.76. The number of hydrogen-bond acceptors (Lipinski definition) is 3. The SMILES string of the molecule is Cc1ccc(SOC=O)cc1. The van der Waals surface area contributed by atoms with Gasteiger partial charge in [0, 0.05) is 4.90 Å². The van der Waals surface area contributed by atoms with Gasteiger partial charge >= 0.3 is 6.47 Å². The highest BCUT2D eigenvalue weighted by Crippen LogP contribution is 2.17. The second-order valence-electron chi connectivity index (χ2n) is 2.09. The fourth-order valence-corrected chi connectivity index (χ4v) is 1.07. The van der Waals surface area contributed by atoms with Crippen LogP contribution in [-0.4, -0.2) is 6.47 Å². The lowest BCUT2D eigenvalue weighted by molar-refractivity contribution is -0.119. The van der Waals surface area contributed by atoms with Crippen LogP contribution in [0.4, 0.5) is 0 Å². The zero-order valence-electron chi connectivity index (χ0n) is 6.11. The minimum Gasteiger partial charge on any atom is -0.388 e. The number of rotatable bonds is 3. The van der Waals surface area contributed by atoms with Crippen LogP contribution in [0.3, 0.4) is 0 Å². The average molecular weight is 168 g/mol. The predicted molar refractivity (Wildman–Crippen MR) is 44.2 cm³/mol. The van der Waals surface area contributed by atoms with Crippen LogP contribution in [0.1, 0.15) is 5.56 Å². The third-order valence-electron chi connectivity index (χ3n) is 1.20. The third-order valence-corrected chi connectivity index (χ3v) is 1.84. The van der Waals surface area contributed by atoms with Gasteiger partial charge in [-0.3, -0.25) is 4.79 Å². The van der Waals surface area contributed by atoms with E-state index in [4.69, 9.17) is 0 Å². The fraction of sp³-hybridized carbons (Fsp3) is 0.125. The molecule has 1 aromatic rings. The van der Waals surface area contributed by atoms with Gasteiger partial charge in [-0.15, -0.1) is 0 Å². The highest BCUT2D eigenvalue weighted by atomic mass is 32.2. The van der Waals surface area contributed by atoms with Crippen molar-refractivity contribution in [3.63, 3.8) is 0 Å². The summed E-state index contributed by atoms with van der Waals surface area (Å²) in [7, 11) is 0. The Morgan fingerprint density at radius 1 is 1.36 bits per heavy atom. The Labute approximate surface area is 69.8 Å². The molecule has 1 rings (SSSR count). The predicted octanol–water partition coefficient (Wildman–Crippen LogP) is 2.18. The molecule has 2 nitrogen and oxygen atoms in total. The van der Waals surface area contributed by atoms with Crippen molar-refractivity contribution in [1.82, 2.24) is 0 Å². The van der Waals surface area contributed by atoms with E-state index in [1.165, 1.54) is 5.56 Å². The largest absolute Gasteiger partial charge is 0.388 e. The summed E-state index contributed by atoms with van der Waals surface area (Å²) >= 11 is 1.06. The summed E-state index contributed by atoms with van der Waals surface area (Å²) in [5, 5.41) is 0. The van der Waals surface area contributed by atoms with Gasteiger partial charge in [-0.05, 0) is 19.1 Å². The maximum Gasteiger partial charge on any atom is 0.305 e. The van der Waals surface area contributed by atoms with E-state index >= 15 is 0 Å². The highest BCUT2D eigenvalue weighted by Gasteiger charge is 1.92. The zero-order chi connectivity index (χ0) is 8.10. The maximum absolute atomic E-state index is 9.80. The van der Waals surface area contributed by atoms with E-state index in [1.807, 2.05) is 31.2 Å². The Balaban J connectivity index is 2.58. The van der Waals surface area contributed by atoms with Crippen LogP contribution in [-0.2, 0) is 8.98 Å². The molecule has 11 heavy (non-hydrogen) atoms. The van der Waals surface area contributed by atoms with E-state index in [1.54, 1.807) is 0 Å². The van der Waals surface area contributed by atoms with Crippen LogP contribution in [0.2, 0.25) is 0 Å². The maximum atomic E-state index is 9.80. The number of carbonyl (C=O) groups is 1. The van der Waals surface area contributed by atoms with Crippen LogP contribution in [0.25, 0.3) is 0 Å². The van der Waals surface area contributed by atoms with Crippen molar-refractivity contribution >= 4 is 18.5 Å². The normalized spacial score (nSPS) is 9.18. The van der Waals surface area contributed by atoms with E-state index in [-0.39, 0.29) is 0 Å². The van der Waals surface area contributed by atoms with Gasteiger partial charge in [-0.25, -0.2) is 0 Å².